The van der Waals surface area contributed by atoms with Crippen molar-refractivity contribution >= 4 is 42.8 Å². The lowest BCUT2D eigenvalue weighted by molar-refractivity contribution is 0.577. The minimum absolute atomic E-state index is 0.330. The van der Waals surface area contributed by atoms with E-state index in [4.69, 9.17) is 0 Å². The van der Waals surface area contributed by atoms with Gasteiger partial charge in [0.1, 0.15) is 0 Å². The lowest BCUT2D eigenvalue weighted by atomic mass is 10.1. The van der Waals surface area contributed by atoms with Gasteiger partial charge in [-0.15, -0.1) is 0 Å². The summed E-state index contributed by atoms with van der Waals surface area (Å²) in [5.41, 5.74) is 1.15. The third-order valence-electron chi connectivity index (χ3n) is 4.30. The molecule has 0 aliphatic heterocycles. The molecule has 0 aromatic heterocycles. The largest absolute Gasteiger partial charge is 0.313 e. The van der Waals surface area contributed by atoms with Crippen molar-refractivity contribution in [3.05, 3.63) is 82.8 Å². The lowest BCUT2D eigenvalue weighted by Crippen LogP contribution is -2.27. The number of nitrogens with one attached hydrogen (secondary N) is 2. The Morgan fingerprint density at radius 2 is 1.64 bits per heavy atom. The van der Waals surface area contributed by atoms with Crippen LogP contribution in [-0.4, -0.2) is 28.1 Å². The van der Waals surface area contributed by atoms with Crippen molar-refractivity contribution in [3.63, 3.8) is 0 Å². The maximum Gasteiger partial charge on any atom is 0.241 e. The lowest BCUT2D eigenvalue weighted by Gasteiger charge is -2.09. The number of hydrogen-bond donors (Lipinski definition) is 2. The first-order valence-corrected chi connectivity index (χ1v) is 11.4. The van der Waals surface area contributed by atoms with E-state index in [1.54, 1.807) is 12.1 Å². The molecule has 146 valence electrons. The van der Waals surface area contributed by atoms with Crippen molar-refractivity contribution in [2.45, 2.75) is 11.3 Å². The maximum absolute atomic E-state index is 12.6. The Labute approximate surface area is 174 Å². The zero-order chi connectivity index (χ0) is 19.8. The normalized spacial score (nSPS) is 12.0. The van der Waals surface area contributed by atoms with Crippen LogP contribution in [0.3, 0.4) is 0 Å². The van der Waals surface area contributed by atoms with Gasteiger partial charge in [0.05, 0.1) is 4.90 Å². The van der Waals surface area contributed by atoms with Crippen LogP contribution in [0.15, 0.2) is 82.2 Å². The van der Waals surface area contributed by atoms with Gasteiger partial charge < -0.3 is 5.32 Å². The fourth-order valence-electron chi connectivity index (χ4n) is 2.88. The van der Waals surface area contributed by atoms with Crippen LogP contribution < -0.4 is 10.0 Å². The predicted octanol–water partition coefficient (Wildman–Crippen LogP) is 4.57. The summed E-state index contributed by atoms with van der Waals surface area (Å²) in [4.78, 5) is 0.330. The van der Waals surface area contributed by atoms with E-state index in [-0.39, 0.29) is 0 Å². The van der Waals surface area contributed by atoms with Crippen molar-refractivity contribution < 1.29 is 8.42 Å². The summed E-state index contributed by atoms with van der Waals surface area (Å²) < 4.78 is 29.0. The molecule has 0 saturated carbocycles. The Morgan fingerprint density at radius 1 is 0.893 bits per heavy atom. The van der Waals surface area contributed by atoms with Crippen molar-refractivity contribution in [2.24, 2.45) is 0 Å². The summed E-state index contributed by atoms with van der Waals surface area (Å²) in [5, 5.41) is 4.96. The van der Waals surface area contributed by atoms with Crippen LogP contribution in [0.4, 0.5) is 0 Å². The first-order valence-electron chi connectivity index (χ1n) is 9.16. The van der Waals surface area contributed by atoms with E-state index < -0.39 is 10.0 Å². The number of hydrogen-bond acceptors (Lipinski definition) is 3. The minimum Gasteiger partial charge on any atom is -0.313 e. The van der Waals surface area contributed by atoms with Crippen LogP contribution in [0.2, 0.25) is 0 Å². The molecule has 0 radical (unpaired) electrons. The van der Waals surface area contributed by atoms with Crippen LogP contribution >= 0.6 is 15.9 Å². The van der Waals surface area contributed by atoms with E-state index in [0.29, 0.717) is 11.4 Å². The van der Waals surface area contributed by atoms with Crippen molar-refractivity contribution in [1.82, 2.24) is 10.0 Å². The quantitative estimate of drug-likeness (QED) is 0.461. The van der Waals surface area contributed by atoms with E-state index in [1.807, 2.05) is 54.6 Å². The molecular formula is C22H23BrN2O2S. The molecule has 0 saturated heterocycles. The third-order valence-corrected chi connectivity index (χ3v) is 6.35. The van der Waals surface area contributed by atoms with Crippen LogP contribution in [0, 0.1) is 0 Å². The zero-order valence-corrected chi connectivity index (χ0v) is 17.8. The van der Waals surface area contributed by atoms with Crippen molar-refractivity contribution in [3.8, 4) is 0 Å². The monoisotopic (exact) mass is 458 g/mol. The predicted molar refractivity (Wildman–Crippen MR) is 120 cm³/mol. The standard InChI is InChI=1S/C22H23BrN2O2S/c23-20-13-11-18(12-14-20)6-4-15-24-16-5-17-25-28(26,27)22-10-3-8-19-7-1-2-9-21(19)22/h1-4,6-14,24-25H,5,15-17H2/b6-4+. The molecule has 0 amide bonds. The smallest absolute Gasteiger partial charge is 0.241 e. The number of halogens is 1. The first-order chi connectivity index (χ1) is 13.6. The molecule has 0 aliphatic rings. The van der Waals surface area contributed by atoms with Gasteiger partial charge in [-0.05, 0) is 42.1 Å². The Kier molecular flexibility index (Phi) is 7.39. The van der Waals surface area contributed by atoms with E-state index in [0.717, 1.165) is 40.3 Å². The van der Waals surface area contributed by atoms with Gasteiger partial charge >= 0.3 is 0 Å². The van der Waals surface area contributed by atoms with E-state index in [9.17, 15) is 8.42 Å². The van der Waals surface area contributed by atoms with Crippen molar-refractivity contribution in [1.29, 1.82) is 0 Å². The Balaban J connectivity index is 1.42. The molecular weight excluding hydrogens is 436 g/mol. The van der Waals surface area contributed by atoms with Crippen LogP contribution in [0.1, 0.15) is 12.0 Å². The number of sulfonamides is 1. The zero-order valence-electron chi connectivity index (χ0n) is 15.4. The second-order valence-corrected chi connectivity index (χ2v) is 9.04. The summed E-state index contributed by atoms with van der Waals surface area (Å²) in [7, 11) is -3.52. The average Bonchev–Trinajstić information content (AvgIpc) is 2.71. The Bertz CT molecular complexity index is 1040. The minimum atomic E-state index is -3.52. The van der Waals surface area contributed by atoms with Gasteiger partial charge in [0.2, 0.25) is 10.0 Å². The topological polar surface area (TPSA) is 58.2 Å². The van der Waals surface area contributed by atoms with Gasteiger partial charge in [-0.2, -0.15) is 0 Å². The molecule has 3 rings (SSSR count). The van der Waals surface area contributed by atoms with Gasteiger partial charge in [0, 0.05) is 22.9 Å². The average molecular weight is 459 g/mol. The fourth-order valence-corrected chi connectivity index (χ4v) is 4.45. The second kappa shape index (κ2) is 9.98. The Morgan fingerprint density at radius 3 is 2.46 bits per heavy atom. The summed E-state index contributed by atoms with van der Waals surface area (Å²) in [6.07, 6.45) is 4.84. The summed E-state index contributed by atoms with van der Waals surface area (Å²) >= 11 is 3.42. The summed E-state index contributed by atoms with van der Waals surface area (Å²) in [5.74, 6) is 0. The summed E-state index contributed by atoms with van der Waals surface area (Å²) in [6.45, 7) is 1.88. The van der Waals surface area contributed by atoms with Crippen molar-refractivity contribution in [2.75, 3.05) is 19.6 Å². The number of rotatable bonds is 9. The third kappa shape index (κ3) is 5.75. The van der Waals surface area contributed by atoms with E-state index >= 15 is 0 Å². The molecule has 0 bridgehead atoms. The molecule has 0 heterocycles. The van der Waals surface area contributed by atoms with Gasteiger partial charge in [0.15, 0.2) is 0 Å². The highest BCUT2D eigenvalue weighted by Crippen LogP contribution is 2.22. The maximum atomic E-state index is 12.6. The Hall–Kier alpha value is -1.99. The summed E-state index contributed by atoms with van der Waals surface area (Å²) in [6, 6.07) is 21.0. The highest BCUT2D eigenvalue weighted by atomic mass is 79.9. The molecule has 0 atom stereocenters. The van der Waals surface area contributed by atoms with Gasteiger partial charge in [-0.1, -0.05) is 76.6 Å². The van der Waals surface area contributed by atoms with Crippen LogP contribution in [0.5, 0.6) is 0 Å². The highest BCUT2D eigenvalue weighted by molar-refractivity contribution is 9.10. The van der Waals surface area contributed by atoms with Gasteiger partial charge in [-0.25, -0.2) is 13.1 Å². The van der Waals surface area contributed by atoms with Gasteiger partial charge in [0.25, 0.3) is 0 Å². The van der Waals surface area contributed by atoms with Crippen LogP contribution in [-0.2, 0) is 10.0 Å². The molecule has 3 aromatic rings. The highest BCUT2D eigenvalue weighted by Gasteiger charge is 2.16. The molecule has 0 unspecified atom stereocenters. The van der Waals surface area contributed by atoms with Gasteiger partial charge in [-0.3, -0.25) is 0 Å². The molecule has 3 aromatic carbocycles. The van der Waals surface area contributed by atoms with Crippen LogP contribution in [0.25, 0.3) is 16.8 Å². The first kappa shape index (κ1) is 20.7. The molecule has 0 fully saturated rings. The molecule has 4 nitrogen and oxygen atoms in total. The van der Waals surface area contributed by atoms with E-state index in [1.165, 1.54) is 0 Å². The molecule has 2 N–H and O–H groups in total. The molecule has 0 aliphatic carbocycles. The van der Waals surface area contributed by atoms with E-state index in [2.05, 4.69) is 38.1 Å². The molecule has 28 heavy (non-hydrogen) atoms. The SMILES string of the molecule is O=S(=O)(NCCCNC/C=C/c1ccc(Br)cc1)c1cccc2ccccc12. The molecule has 6 heteroatoms. The second-order valence-electron chi connectivity index (χ2n) is 6.39. The number of benzene rings is 3. The fraction of sp³-hybridized carbons (Fsp3) is 0.182. The number of fused-ring (bicyclic) bond motifs is 1. The molecule has 0 spiro atoms.